The number of hydrazone groups is 1. The van der Waals surface area contributed by atoms with Gasteiger partial charge in [0.25, 0.3) is 5.91 Å². The van der Waals surface area contributed by atoms with Gasteiger partial charge in [-0.15, -0.1) is 0 Å². The molecular weight excluding hydrogens is 350 g/mol. The molecular formula is C23H21N3O2. The summed E-state index contributed by atoms with van der Waals surface area (Å²) in [6.07, 6.45) is 1.43. The molecule has 0 bridgehead atoms. The Bertz CT molecular complexity index is 1040. The number of carbonyl (C=O) groups is 1. The van der Waals surface area contributed by atoms with Gasteiger partial charge in [-0.3, -0.25) is 4.79 Å². The van der Waals surface area contributed by atoms with Crippen molar-refractivity contribution in [2.45, 2.75) is 20.0 Å². The van der Waals surface area contributed by atoms with Crippen LogP contribution in [0.1, 0.15) is 32.6 Å². The molecule has 0 unspecified atom stereocenters. The number of anilines is 1. The van der Waals surface area contributed by atoms with E-state index in [1.807, 2.05) is 18.2 Å². The maximum absolute atomic E-state index is 12.4. The van der Waals surface area contributed by atoms with E-state index in [1.54, 1.807) is 24.3 Å². The van der Waals surface area contributed by atoms with Gasteiger partial charge in [0, 0.05) is 29.9 Å². The Labute approximate surface area is 163 Å². The number of phenolic OH excluding ortho intramolecular Hbond substituents is 1. The Morgan fingerprint density at radius 2 is 1.79 bits per heavy atom. The van der Waals surface area contributed by atoms with Gasteiger partial charge in [0.05, 0.1) is 6.21 Å². The van der Waals surface area contributed by atoms with Crippen LogP contribution in [-0.2, 0) is 13.1 Å². The fourth-order valence-corrected chi connectivity index (χ4v) is 3.30. The van der Waals surface area contributed by atoms with E-state index in [2.05, 4.69) is 46.6 Å². The highest BCUT2D eigenvalue weighted by atomic mass is 16.3. The highest BCUT2D eigenvalue weighted by molar-refractivity contribution is 5.95. The Morgan fingerprint density at radius 3 is 2.57 bits per heavy atom. The van der Waals surface area contributed by atoms with Gasteiger partial charge in [0.2, 0.25) is 0 Å². The predicted octanol–water partition coefficient (Wildman–Crippen LogP) is 3.98. The predicted molar refractivity (Wildman–Crippen MR) is 111 cm³/mol. The van der Waals surface area contributed by atoms with Crippen molar-refractivity contribution in [3.63, 3.8) is 0 Å². The van der Waals surface area contributed by atoms with Crippen LogP contribution in [0.4, 0.5) is 5.69 Å². The summed E-state index contributed by atoms with van der Waals surface area (Å²) in [6.45, 7) is 3.70. The summed E-state index contributed by atoms with van der Waals surface area (Å²) in [7, 11) is 0. The van der Waals surface area contributed by atoms with Crippen molar-refractivity contribution in [1.82, 2.24) is 5.43 Å². The van der Waals surface area contributed by atoms with Gasteiger partial charge in [-0.1, -0.05) is 35.9 Å². The first-order valence-corrected chi connectivity index (χ1v) is 9.15. The zero-order valence-electron chi connectivity index (χ0n) is 15.6. The van der Waals surface area contributed by atoms with E-state index in [-0.39, 0.29) is 11.7 Å². The van der Waals surface area contributed by atoms with E-state index in [9.17, 15) is 9.90 Å². The number of carbonyl (C=O) groups excluding carboxylic acids is 1. The molecule has 1 aliphatic rings. The highest BCUT2D eigenvalue weighted by Crippen LogP contribution is 2.29. The van der Waals surface area contributed by atoms with Crippen LogP contribution in [0.25, 0.3) is 0 Å². The third-order valence-corrected chi connectivity index (χ3v) is 4.90. The van der Waals surface area contributed by atoms with Crippen LogP contribution < -0.4 is 10.3 Å². The molecule has 0 saturated carbocycles. The van der Waals surface area contributed by atoms with Crippen LogP contribution in [0.5, 0.6) is 5.75 Å². The summed E-state index contributed by atoms with van der Waals surface area (Å²) in [4.78, 5) is 14.7. The Hall–Kier alpha value is -3.60. The molecule has 5 nitrogen and oxygen atoms in total. The van der Waals surface area contributed by atoms with Gasteiger partial charge >= 0.3 is 0 Å². The second-order valence-corrected chi connectivity index (χ2v) is 6.93. The maximum Gasteiger partial charge on any atom is 0.271 e. The van der Waals surface area contributed by atoms with Gasteiger partial charge < -0.3 is 10.0 Å². The highest BCUT2D eigenvalue weighted by Gasteiger charge is 2.20. The Morgan fingerprint density at radius 1 is 1.04 bits per heavy atom. The smallest absolute Gasteiger partial charge is 0.271 e. The molecule has 0 aliphatic carbocycles. The lowest BCUT2D eigenvalue weighted by Gasteiger charge is -2.17. The first kappa shape index (κ1) is 17.8. The number of benzene rings is 3. The quantitative estimate of drug-likeness (QED) is 0.538. The first-order valence-electron chi connectivity index (χ1n) is 9.15. The third-order valence-electron chi connectivity index (χ3n) is 4.90. The minimum absolute atomic E-state index is 0.120. The van der Waals surface area contributed by atoms with Crippen LogP contribution >= 0.6 is 0 Å². The number of amides is 1. The number of rotatable bonds is 4. The molecule has 0 atom stereocenters. The van der Waals surface area contributed by atoms with Crippen molar-refractivity contribution < 1.29 is 9.90 Å². The lowest BCUT2D eigenvalue weighted by atomic mass is 10.1. The summed E-state index contributed by atoms with van der Waals surface area (Å²) >= 11 is 0. The van der Waals surface area contributed by atoms with Gasteiger partial charge in [-0.25, -0.2) is 5.43 Å². The molecule has 0 saturated heterocycles. The zero-order valence-corrected chi connectivity index (χ0v) is 15.6. The van der Waals surface area contributed by atoms with Crippen molar-refractivity contribution in [1.29, 1.82) is 0 Å². The van der Waals surface area contributed by atoms with Crippen LogP contribution in [-0.4, -0.2) is 17.2 Å². The maximum atomic E-state index is 12.4. The van der Waals surface area contributed by atoms with Crippen molar-refractivity contribution in [2.75, 3.05) is 4.90 Å². The molecule has 4 rings (SSSR count). The summed E-state index contributed by atoms with van der Waals surface area (Å²) in [5.74, 6) is -0.155. The van der Waals surface area contributed by atoms with Crippen molar-refractivity contribution in [3.05, 3.63) is 94.5 Å². The van der Waals surface area contributed by atoms with Gasteiger partial charge in [-0.05, 0) is 54.4 Å². The molecule has 0 spiro atoms. The molecule has 3 aromatic rings. The average molecular weight is 371 g/mol. The van der Waals surface area contributed by atoms with Gasteiger partial charge in [-0.2, -0.15) is 5.10 Å². The molecule has 2 N–H and O–H groups in total. The van der Waals surface area contributed by atoms with E-state index < -0.39 is 0 Å². The molecule has 0 radical (unpaired) electrons. The van der Waals surface area contributed by atoms with Crippen LogP contribution in [0, 0.1) is 6.92 Å². The van der Waals surface area contributed by atoms with Crippen LogP contribution in [0.15, 0.2) is 71.8 Å². The number of aromatic hydroxyl groups is 1. The fourth-order valence-electron chi connectivity index (χ4n) is 3.30. The van der Waals surface area contributed by atoms with E-state index in [4.69, 9.17) is 0 Å². The number of hydrogen-bond donors (Lipinski definition) is 2. The van der Waals surface area contributed by atoms with Crippen LogP contribution in [0.3, 0.4) is 0 Å². The molecule has 5 heteroatoms. The lowest BCUT2D eigenvalue weighted by Crippen LogP contribution is -2.18. The van der Waals surface area contributed by atoms with Gasteiger partial charge in [0.15, 0.2) is 0 Å². The number of nitrogens with zero attached hydrogens (tertiary/aromatic N) is 2. The minimum Gasteiger partial charge on any atom is -0.507 e. The molecule has 0 aromatic heterocycles. The van der Waals surface area contributed by atoms with E-state index in [1.165, 1.54) is 23.0 Å². The lowest BCUT2D eigenvalue weighted by molar-refractivity contribution is 0.0955. The van der Waals surface area contributed by atoms with Crippen LogP contribution in [0.2, 0.25) is 0 Å². The number of phenols is 1. The second-order valence-electron chi connectivity index (χ2n) is 6.93. The summed E-state index contributed by atoms with van der Waals surface area (Å²) in [5.41, 5.74) is 8.44. The monoisotopic (exact) mass is 371 g/mol. The molecule has 0 fully saturated rings. The minimum atomic E-state index is -0.275. The number of hydrogen-bond acceptors (Lipinski definition) is 4. The first-order chi connectivity index (χ1) is 13.6. The van der Waals surface area contributed by atoms with Crippen molar-refractivity contribution >= 4 is 17.8 Å². The molecule has 1 heterocycles. The average Bonchev–Trinajstić information content (AvgIpc) is 3.13. The largest absolute Gasteiger partial charge is 0.507 e. The Kier molecular flexibility index (Phi) is 4.81. The van der Waals surface area contributed by atoms with Crippen molar-refractivity contribution in [2.24, 2.45) is 5.10 Å². The number of aryl methyl sites for hydroxylation is 1. The van der Waals surface area contributed by atoms with E-state index in [0.29, 0.717) is 11.1 Å². The van der Waals surface area contributed by atoms with Crippen molar-refractivity contribution in [3.8, 4) is 5.75 Å². The SMILES string of the molecule is Cc1ccc(N2Cc3ccc(C(=O)N/N=C/c4ccccc4O)cc3C2)cc1. The number of nitrogens with one attached hydrogen (secondary N) is 1. The van der Waals surface area contributed by atoms with E-state index >= 15 is 0 Å². The second kappa shape index (κ2) is 7.56. The third kappa shape index (κ3) is 3.74. The van der Waals surface area contributed by atoms with E-state index in [0.717, 1.165) is 18.7 Å². The normalized spacial score (nSPS) is 13.0. The molecule has 28 heavy (non-hydrogen) atoms. The summed E-state index contributed by atoms with van der Waals surface area (Å²) in [6, 6.07) is 21.1. The summed E-state index contributed by atoms with van der Waals surface area (Å²) in [5, 5.41) is 13.7. The standard InChI is InChI=1S/C23H21N3O2/c1-16-6-10-21(11-7-16)26-14-19-9-8-17(12-20(19)15-26)23(28)25-24-13-18-4-2-3-5-22(18)27/h2-13,27H,14-15H2,1H3,(H,25,28)/b24-13+. The molecule has 1 aliphatic heterocycles. The Balaban J connectivity index is 1.44. The summed E-state index contributed by atoms with van der Waals surface area (Å²) < 4.78 is 0. The molecule has 140 valence electrons. The fraction of sp³-hybridized carbons (Fsp3) is 0.130. The molecule has 3 aromatic carbocycles. The molecule has 1 amide bonds. The van der Waals surface area contributed by atoms with Gasteiger partial charge in [0.1, 0.15) is 5.75 Å². The number of fused-ring (bicyclic) bond motifs is 1. The zero-order chi connectivity index (χ0) is 19.5. The topological polar surface area (TPSA) is 64.9 Å². The number of para-hydroxylation sites is 1.